The Hall–Kier alpha value is -2.82. The lowest BCUT2D eigenvalue weighted by Gasteiger charge is -2.08. The maximum atomic E-state index is 11.8. The summed E-state index contributed by atoms with van der Waals surface area (Å²) < 4.78 is 0. The molecule has 2 aromatic rings. The number of primary amides is 1. The molecule has 0 saturated heterocycles. The van der Waals surface area contributed by atoms with Gasteiger partial charge in [-0.25, -0.2) is 0 Å². The van der Waals surface area contributed by atoms with Gasteiger partial charge in [0.1, 0.15) is 0 Å². The third kappa shape index (κ3) is 4.35. The van der Waals surface area contributed by atoms with Crippen molar-refractivity contribution >= 4 is 23.2 Å². The van der Waals surface area contributed by atoms with Gasteiger partial charge in [0.15, 0.2) is 0 Å². The first-order chi connectivity index (χ1) is 10.0. The van der Waals surface area contributed by atoms with Gasteiger partial charge in [-0.2, -0.15) is 0 Å². The van der Waals surface area contributed by atoms with Gasteiger partial charge >= 0.3 is 0 Å². The van der Waals surface area contributed by atoms with Crippen LogP contribution in [0.3, 0.4) is 0 Å². The van der Waals surface area contributed by atoms with Crippen molar-refractivity contribution in [1.82, 2.24) is 0 Å². The van der Waals surface area contributed by atoms with Crippen LogP contribution in [0.4, 0.5) is 11.4 Å². The van der Waals surface area contributed by atoms with E-state index in [1.54, 1.807) is 24.3 Å². The molecule has 0 fully saturated rings. The molecule has 5 nitrogen and oxygen atoms in total. The van der Waals surface area contributed by atoms with Crippen LogP contribution in [0, 0.1) is 6.92 Å². The van der Waals surface area contributed by atoms with Gasteiger partial charge in [0.05, 0.1) is 6.54 Å². The van der Waals surface area contributed by atoms with Crippen molar-refractivity contribution in [3.05, 3.63) is 59.7 Å². The minimum Gasteiger partial charge on any atom is -0.376 e. The number of nitrogens with two attached hydrogens (primary N) is 1. The monoisotopic (exact) mass is 283 g/mol. The van der Waals surface area contributed by atoms with Crippen molar-refractivity contribution in [2.24, 2.45) is 5.73 Å². The third-order valence-corrected chi connectivity index (χ3v) is 2.92. The highest BCUT2D eigenvalue weighted by Gasteiger charge is 2.04. The molecule has 5 heteroatoms. The first kappa shape index (κ1) is 14.6. The number of benzene rings is 2. The van der Waals surface area contributed by atoms with Crippen molar-refractivity contribution in [2.45, 2.75) is 6.92 Å². The Balaban J connectivity index is 1.88. The van der Waals surface area contributed by atoms with Crippen LogP contribution >= 0.6 is 0 Å². The second-order valence-electron chi connectivity index (χ2n) is 4.71. The molecule has 0 atom stereocenters. The summed E-state index contributed by atoms with van der Waals surface area (Å²) in [6.45, 7) is 2.16. The Morgan fingerprint density at radius 1 is 1.05 bits per heavy atom. The Morgan fingerprint density at radius 3 is 2.38 bits per heavy atom. The normalized spacial score (nSPS) is 9.95. The lowest BCUT2D eigenvalue weighted by atomic mass is 10.2. The second kappa shape index (κ2) is 6.56. The summed E-state index contributed by atoms with van der Waals surface area (Å²) in [5, 5.41) is 5.79. The minimum atomic E-state index is -0.492. The van der Waals surface area contributed by atoms with Gasteiger partial charge in [-0.3, -0.25) is 9.59 Å². The first-order valence-corrected chi connectivity index (χ1v) is 6.55. The number of rotatable bonds is 5. The molecule has 0 aliphatic heterocycles. The van der Waals surface area contributed by atoms with E-state index in [0.717, 1.165) is 11.3 Å². The number of nitrogens with one attached hydrogen (secondary N) is 2. The predicted octanol–water partition coefficient (Wildman–Crippen LogP) is 2.14. The molecule has 0 aromatic heterocycles. The van der Waals surface area contributed by atoms with E-state index >= 15 is 0 Å². The van der Waals surface area contributed by atoms with Crippen LogP contribution in [-0.2, 0) is 4.79 Å². The molecular formula is C16H17N3O2. The molecular weight excluding hydrogens is 266 g/mol. The van der Waals surface area contributed by atoms with Gasteiger partial charge in [0.25, 0.3) is 0 Å². The Labute approximate surface area is 123 Å². The fourth-order valence-electron chi connectivity index (χ4n) is 1.86. The zero-order valence-corrected chi connectivity index (χ0v) is 11.7. The number of anilines is 2. The number of amides is 2. The maximum absolute atomic E-state index is 11.8. The summed E-state index contributed by atoms with van der Waals surface area (Å²) >= 11 is 0. The molecule has 2 amide bonds. The molecule has 0 aliphatic rings. The molecule has 2 rings (SSSR count). The summed E-state index contributed by atoms with van der Waals surface area (Å²) in [6.07, 6.45) is 0. The highest BCUT2D eigenvalue weighted by atomic mass is 16.2. The summed E-state index contributed by atoms with van der Waals surface area (Å²) in [5.41, 5.74) is 8.21. The minimum absolute atomic E-state index is 0.164. The fraction of sp³-hybridized carbons (Fsp3) is 0.125. The van der Waals surface area contributed by atoms with E-state index in [1.165, 1.54) is 0 Å². The number of carbonyl (C=O) groups excluding carboxylic acids is 2. The number of aryl methyl sites for hydroxylation is 1. The molecule has 0 heterocycles. The molecule has 0 radical (unpaired) electrons. The number of carbonyl (C=O) groups is 2. The molecule has 0 spiro atoms. The van der Waals surface area contributed by atoms with E-state index < -0.39 is 5.91 Å². The van der Waals surface area contributed by atoms with E-state index in [-0.39, 0.29) is 12.5 Å². The van der Waals surface area contributed by atoms with Crippen molar-refractivity contribution in [1.29, 1.82) is 0 Å². The zero-order chi connectivity index (χ0) is 15.2. The summed E-state index contributed by atoms with van der Waals surface area (Å²) in [6, 6.07) is 14.2. The van der Waals surface area contributed by atoms with Crippen LogP contribution in [0.25, 0.3) is 0 Å². The number of hydrogen-bond donors (Lipinski definition) is 3. The van der Waals surface area contributed by atoms with E-state index in [0.29, 0.717) is 11.3 Å². The van der Waals surface area contributed by atoms with Gasteiger partial charge in [0, 0.05) is 16.9 Å². The molecule has 0 aliphatic carbocycles. The first-order valence-electron chi connectivity index (χ1n) is 6.55. The van der Waals surface area contributed by atoms with Crippen molar-refractivity contribution in [2.75, 3.05) is 17.2 Å². The Bertz CT molecular complexity index is 651. The van der Waals surface area contributed by atoms with Gasteiger partial charge < -0.3 is 16.4 Å². The SMILES string of the molecule is Cc1cccc(NCC(=O)Nc2ccc(C(N)=O)cc2)c1. The van der Waals surface area contributed by atoms with E-state index in [2.05, 4.69) is 10.6 Å². The summed E-state index contributed by atoms with van der Waals surface area (Å²) in [4.78, 5) is 22.8. The van der Waals surface area contributed by atoms with Crippen LogP contribution in [0.1, 0.15) is 15.9 Å². The molecule has 21 heavy (non-hydrogen) atoms. The van der Waals surface area contributed by atoms with Crippen LogP contribution in [0.15, 0.2) is 48.5 Å². The Kier molecular flexibility index (Phi) is 4.56. The van der Waals surface area contributed by atoms with Gasteiger partial charge in [0.2, 0.25) is 11.8 Å². The summed E-state index contributed by atoms with van der Waals surface area (Å²) in [5.74, 6) is -0.655. The molecule has 4 N–H and O–H groups in total. The standard InChI is InChI=1S/C16H17N3O2/c1-11-3-2-4-14(9-11)18-10-15(20)19-13-7-5-12(6-8-13)16(17)21/h2-9,18H,10H2,1H3,(H2,17,21)(H,19,20). The highest BCUT2D eigenvalue weighted by molar-refractivity contribution is 5.96. The lowest BCUT2D eigenvalue weighted by Crippen LogP contribution is -2.21. The maximum Gasteiger partial charge on any atom is 0.248 e. The van der Waals surface area contributed by atoms with Gasteiger partial charge in [-0.15, -0.1) is 0 Å². The quantitative estimate of drug-likeness (QED) is 0.786. The average Bonchev–Trinajstić information content (AvgIpc) is 2.46. The van der Waals surface area contributed by atoms with Crippen LogP contribution in [-0.4, -0.2) is 18.4 Å². The van der Waals surface area contributed by atoms with Crippen LogP contribution < -0.4 is 16.4 Å². The lowest BCUT2D eigenvalue weighted by molar-refractivity contribution is -0.114. The van der Waals surface area contributed by atoms with E-state index in [1.807, 2.05) is 31.2 Å². The molecule has 108 valence electrons. The number of hydrogen-bond acceptors (Lipinski definition) is 3. The summed E-state index contributed by atoms with van der Waals surface area (Å²) in [7, 11) is 0. The topological polar surface area (TPSA) is 84.2 Å². The highest BCUT2D eigenvalue weighted by Crippen LogP contribution is 2.11. The molecule has 0 bridgehead atoms. The zero-order valence-electron chi connectivity index (χ0n) is 11.7. The molecule has 2 aromatic carbocycles. The second-order valence-corrected chi connectivity index (χ2v) is 4.71. The Morgan fingerprint density at radius 2 is 1.76 bits per heavy atom. The van der Waals surface area contributed by atoms with Crippen molar-refractivity contribution in [3.63, 3.8) is 0 Å². The predicted molar refractivity (Wildman–Crippen MR) is 83.3 cm³/mol. The van der Waals surface area contributed by atoms with Crippen LogP contribution in [0.5, 0.6) is 0 Å². The largest absolute Gasteiger partial charge is 0.376 e. The van der Waals surface area contributed by atoms with Crippen molar-refractivity contribution < 1.29 is 9.59 Å². The smallest absolute Gasteiger partial charge is 0.248 e. The van der Waals surface area contributed by atoms with Crippen molar-refractivity contribution in [3.8, 4) is 0 Å². The fourth-order valence-corrected chi connectivity index (χ4v) is 1.86. The third-order valence-electron chi connectivity index (χ3n) is 2.92. The average molecular weight is 283 g/mol. The van der Waals surface area contributed by atoms with Gasteiger partial charge in [-0.05, 0) is 48.9 Å². The van der Waals surface area contributed by atoms with E-state index in [9.17, 15) is 9.59 Å². The van der Waals surface area contributed by atoms with Gasteiger partial charge in [-0.1, -0.05) is 12.1 Å². The molecule has 0 saturated carbocycles. The van der Waals surface area contributed by atoms with E-state index in [4.69, 9.17) is 5.73 Å². The van der Waals surface area contributed by atoms with Crippen LogP contribution in [0.2, 0.25) is 0 Å². The molecule has 0 unspecified atom stereocenters.